The van der Waals surface area contributed by atoms with Gasteiger partial charge in [-0.2, -0.15) is 0 Å². The summed E-state index contributed by atoms with van der Waals surface area (Å²) in [6, 6.07) is 6.79. The summed E-state index contributed by atoms with van der Waals surface area (Å²) in [6.07, 6.45) is 7.58. The molecule has 0 saturated carbocycles. The van der Waals surface area contributed by atoms with Crippen LogP contribution in [0.2, 0.25) is 0 Å². The van der Waals surface area contributed by atoms with Crippen molar-refractivity contribution in [2.45, 2.75) is 25.3 Å². The molecule has 1 aliphatic rings. The third-order valence-corrected chi connectivity index (χ3v) is 3.91. The molecule has 3 nitrogen and oxygen atoms in total. The number of hydrogen-bond donors (Lipinski definition) is 0. The van der Waals surface area contributed by atoms with Gasteiger partial charge in [-0.15, -0.1) is 0 Å². The van der Waals surface area contributed by atoms with Gasteiger partial charge in [-0.1, -0.05) is 12.1 Å². The number of nitrogens with zero attached hydrogens (tertiary/aromatic N) is 3. The summed E-state index contributed by atoms with van der Waals surface area (Å²) in [7, 11) is 0. The minimum Gasteiger partial charge on any atom is -0.299 e. The predicted octanol–water partition coefficient (Wildman–Crippen LogP) is 3.00. The highest BCUT2D eigenvalue weighted by Crippen LogP contribution is 2.26. The highest BCUT2D eigenvalue weighted by Gasteiger charge is 2.21. The van der Waals surface area contributed by atoms with E-state index in [0.717, 1.165) is 38.2 Å². The Kier molecular flexibility index (Phi) is 4.02. The van der Waals surface area contributed by atoms with E-state index in [0.29, 0.717) is 5.92 Å². The quantitative estimate of drug-likeness (QED) is 0.859. The highest BCUT2D eigenvalue weighted by atomic mass is 19.1. The van der Waals surface area contributed by atoms with Crippen LogP contribution in [-0.2, 0) is 6.54 Å². The van der Waals surface area contributed by atoms with Crippen LogP contribution in [0.5, 0.6) is 0 Å². The Morgan fingerprint density at radius 1 is 1.10 bits per heavy atom. The molecule has 0 unspecified atom stereocenters. The molecule has 0 spiro atoms. The molecule has 4 heteroatoms. The van der Waals surface area contributed by atoms with Crippen molar-refractivity contribution in [3.63, 3.8) is 0 Å². The first-order chi connectivity index (χ1) is 9.81. The first-order valence-electron chi connectivity index (χ1n) is 7.04. The second-order valence-corrected chi connectivity index (χ2v) is 5.31. The van der Waals surface area contributed by atoms with Crippen LogP contribution in [0.25, 0.3) is 0 Å². The average Bonchev–Trinajstić information content (AvgIpc) is 2.51. The lowest BCUT2D eigenvalue weighted by Crippen LogP contribution is -2.32. The van der Waals surface area contributed by atoms with E-state index in [1.165, 1.54) is 17.7 Å². The second-order valence-electron chi connectivity index (χ2n) is 5.31. The zero-order valence-corrected chi connectivity index (χ0v) is 11.4. The molecule has 20 heavy (non-hydrogen) atoms. The Hall–Kier alpha value is -1.81. The number of likely N-dealkylation sites (tertiary alicyclic amines) is 1. The molecule has 1 aromatic carbocycles. The van der Waals surface area contributed by atoms with Crippen molar-refractivity contribution >= 4 is 0 Å². The largest absolute Gasteiger partial charge is 0.299 e. The Morgan fingerprint density at radius 3 is 2.50 bits per heavy atom. The number of aromatic nitrogens is 2. The number of benzene rings is 1. The Morgan fingerprint density at radius 2 is 1.85 bits per heavy atom. The van der Waals surface area contributed by atoms with Gasteiger partial charge < -0.3 is 0 Å². The maximum Gasteiger partial charge on any atom is 0.123 e. The zero-order chi connectivity index (χ0) is 13.8. The molecule has 2 aromatic rings. The molecule has 104 valence electrons. The summed E-state index contributed by atoms with van der Waals surface area (Å²) in [5.74, 6) is 0.350. The van der Waals surface area contributed by atoms with Crippen molar-refractivity contribution in [2.24, 2.45) is 0 Å². The fourth-order valence-electron chi connectivity index (χ4n) is 2.76. The fraction of sp³-hybridized carbons (Fsp3) is 0.375. The SMILES string of the molecule is Fc1ccc(CN2CCC(c3cnccn3)CC2)cc1. The van der Waals surface area contributed by atoms with Crippen molar-refractivity contribution in [3.8, 4) is 0 Å². The van der Waals surface area contributed by atoms with Gasteiger partial charge in [-0.25, -0.2) is 4.39 Å². The fourth-order valence-corrected chi connectivity index (χ4v) is 2.76. The van der Waals surface area contributed by atoms with Crippen molar-refractivity contribution < 1.29 is 4.39 Å². The minimum atomic E-state index is -0.171. The molecular formula is C16H18FN3. The van der Waals surface area contributed by atoms with Crippen LogP contribution >= 0.6 is 0 Å². The number of rotatable bonds is 3. The number of piperidine rings is 1. The Labute approximate surface area is 118 Å². The molecule has 0 amide bonds. The van der Waals surface area contributed by atoms with Gasteiger partial charge in [0, 0.05) is 31.1 Å². The normalized spacial score (nSPS) is 17.2. The highest BCUT2D eigenvalue weighted by molar-refractivity contribution is 5.16. The maximum absolute atomic E-state index is 12.9. The van der Waals surface area contributed by atoms with Gasteiger partial charge in [0.25, 0.3) is 0 Å². The molecule has 2 heterocycles. The van der Waals surface area contributed by atoms with E-state index in [9.17, 15) is 4.39 Å². The standard InChI is InChI=1S/C16H18FN3/c17-15-3-1-13(2-4-15)12-20-9-5-14(6-10-20)16-11-18-7-8-19-16/h1-4,7-8,11,14H,5-6,9-10,12H2. The molecule has 0 aliphatic carbocycles. The molecule has 1 saturated heterocycles. The summed E-state index contributed by atoms with van der Waals surface area (Å²) >= 11 is 0. The van der Waals surface area contributed by atoms with Crippen LogP contribution in [0.4, 0.5) is 4.39 Å². The molecule has 1 fully saturated rings. The first kappa shape index (κ1) is 13.2. The van der Waals surface area contributed by atoms with Gasteiger partial charge in [0.2, 0.25) is 0 Å². The predicted molar refractivity (Wildman–Crippen MR) is 75.7 cm³/mol. The van der Waals surface area contributed by atoms with E-state index in [4.69, 9.17) is 0 Å². The van der Waals surface area contributed by atoms with Crippen LogP contribution in [-0.4, -0.2) is 28.0 Å². The van der Waals surface area contributed by atoms with Crippen LogP contribution in [0.15, 0.2) is 42.9 Å². The van der Waals surface area contributed by atoms with Crippen LogP contribution < -0.4 is 0 Å². The number of hydrogen-bond acceptors (Lipinski definition) is 3. The van der Waals surface area contributed by atoms with Gasteiger partial charge in [0.05, 0.1) is 5.69 Å². The minimum absolute atomic E-state index is 0.171. The summed E-state index contributed by atoms with van der Waals surface area (Å²) in [5.41, 5.74) is 2.28. The molecule has 0 N–H and O–H groups in total. The van der Waals surface area contributed by atoms with Gasteiger partial charge in [0.15, 0.2) is 0 Å². The van der Waals surface area contributed by atoms with E-state index in [1.807, 2.05) is 18.3 Å². The van der Waals surface area contributed by atoms with E-state index in [2.05, 4.69) is 14.9 Å². The maximum atomic E-state index is 12.9. The first-order valence-corrected chi connectivity index (χ1v) is 7.04. The number of halogens is 1. The molecule has 0 bridgehead atoms. The summed E-state index contributed by atoms with van der Waals surface area (Å²) in [5, 5.41) is 0. The van der Waals surface area contributed by atoms with Gasteiger partial charge in [-0.05, 0) is 43.6 Å². The lowest BCUT2D eigenvalue weighted by atomic mass is 9.93. The van der Waals surface area contributed by atoms with E-state index < -0.39 is 0 Å². The van der Waals surface area contributed by atoms with Gasteiger partial charge in [0.1, 0.15) is 5.82 Å². The molecule has 0 radical (unpaired) electrons. The lowest BCUT2D eigenvalue weighted by Gasteiger charge is -2.31. The average molecular weight is 271 g/mol. The third-order valence-electron chi connectivity index (χ3n) is 3.91. The summed E-state index contributed by atoms with van der Waals surface area (Å²) in [6.45, 7) is 3.00. The van der Waals surface area contributed by atoms with Crippen molar-refractivity contribution in [2.75, 3.05) is 13.1 Å². The molecule has 1 aromatic heterocycles. The molecular weight excluding hydrogens is 253 g/mol. The molecule has 3 rings (SSSR count). The smallest absolute Gasteiger partial charge is 0.123 e. The third kappa shape index (κ3) is 3.20. The monoisotopic (exact) mass is 271 g/mol. The van der Waals surface area contributed by atoms with Crippen LogP contribution in [0.1, 0.15) is 30.0 Å². The van der Waals surface area contributed by atoms with Crippen LogP contribution in [0, 0.1) is 5.82 Å². The molecule has 0 atom stereocenters. The van der Waals surface area contributed by atoms with Crippen molar-refractivity contribution in [3.05, 3.63) is 59.9 Å². The Balaban J connectivity index is 1.55. The van der Waals surface area contributed by atoms with E-state index in [-0.39, 0.29) is 5.82 Å². The Bertz CT molecular complexity index is 533. The topological polar surface area (TPSA) is 29.0 Å². The zero-order valence-electron chi connectivity index (χ0n) is 11.4. The van der Waals surface area contributed by atoms with Crippen LogP contribution in [0.3, 0.4) is 0 Å². The van der Waals surface area contributed by atoms with E-state index >= 15 is 0 Å². The van der Waals surface area contributed by atoms with Gasteiger partial charge in [-0.3, -0.25) is 14.9 Å². The second kappa shape index (κ2) is 6.09. The lowest BCUT2D eigenvalue weighted by molar-refractivity contribution is 0.203. The van der Waals surface area contributed by atoms with Crippen molar-refractivity contribution in [1.82, 2.24) is 14.9 Å². The summed E-state index contributed by atoms with van der Waals surface area (Å²) in [4.78, 5) is 11.0. The summed E-state index contributed by atoms with van der Waals surface area (Å²) < 4.78 is 12.9. The molecule has 1 aliphatic heterocycles. The van der Waals surface area contributed by atoms with Gasteiger partial charge >= 0.3 is 0 Å². The van der Waals surface area contributed by atoms with E-state index in [1.54, 1.807) is 12.4 Å². The van der Waals surface area contributed by atoms with Crippen molar-refractivity contribution in [1.29, 1.82) is 0 Å².